The Morgan fingerprint density at radius 3 is 2.67 bits per heavy atom. The van der Waals surface area contributed by atoms with Crippen LogP contribution in [0.1, 0.15) is 39.7 Å². The molecule has 0 radical (unpaired) electrons. The van der Waals surface area contributed by atoms with Crippen molar-refractivity contribution in [3.63, 3.8) is 0 Å². The molecule has 0 spiro atoms. The number of aromatic nitrogens is 8. The fraction of sp³-hybridized carbons (Fsp3) is 0.381. The SMILES string of the molecule is C[C@@H](C(=O)Nc1cncc(-c2cnc(N3CCCC3(C)C)nc2)n1)n1cnc2[nH][nH]c(=O)c21. The Labute approximate surface area is 188 Å². The molecule has 1 saturated heterocycles. The minimum Gasteiger partial charge on any atom is -0.336 e. The topological polar surface area (TPSA) is 150 Å². The van der Waals surface area contributed by atoms with Crippen LogP contribution >= 0.6 is 0 Å². The normalized spacial score (nSPS) is 16.3. The molecule has 170 valence electrons. The summed E-state index contributed by atoms with van der Waals surface area (Å²) in [6.07, 6.45) is 10.2. The molecule has 0 saturated carbocycles. The number of H-pyrrole nitrogens is 2. The lowest BCUT2D eigenvalue weighted by atomic mass is 10.0. The Kier molecular flexibility index (Phi) is 4.91. The van der Waals surface area contributed by atoms with Gasteiger partial charge in [-0.2, -0.15) is 0 Å². The molecule has 3 N–H and O–H groups in total. The highest BCUT2D eigenvalue weighted by molar-refractivity contribution is 5.93. The molecule has 0 aromatic carbocycles. The Bertz CT molecular complexity index is 1370. The average Bonchev–Trinajstić information content (AvgIpc) is 3.49. The van der Waals surface area contributed by atoms with Crippen molar-refractivity contribution in [2.45, 2.75) is 45.2 Å². The van der Waals surface area contributed by atoms with Gasteiger partial charge in [0.2, 0.25) is 11.9 Å². The van der Waals surface area contributed by atoms with E-state index in [1.807, 2.05) is 0 Å². The van der Waals surface area contributed by atoms with Crippen molar-refractivity contribution >= 4 is 28.8 Å². The molecule has 33 heavy (non-hydrogen) atoms. The van der Waals surface area contributed by atoms with E-state index in [4.69, 9.17) is 0 Å². The van der Waals surface area contributed by atoms with Crippen LogP contribution in [0.4, 0.5) is 11.8 Å². The lowest BCUT2D eigenvalue weighted by Gasteiger charge is -2.31. The molecule has 4 aromatic heterocycles. The second-order valence-corrected chi connectivity index (χ2v) is 8.72. The molecule has 4 aromatic rings. The van der Waals surface area contributed by atoms with E-state index in [2.05, 4.69) is 59.2 Å². The van der Waals surface area contributed by atoms with Crippen molar-refractivity contribution in [2.75, 3.05) is 16.8 Å². The Hall–Kier alpha value is -4.09. The van der Waals surface area contributed by atoms with Crippen LogP contribution in [-0.4, -0.2) is 57.7 Å². The number of aromatic amines is 2. The highest BCUT2D eigenvalue weighted by atomic mass is 16.2. The number of carbonyl (C=O) groups is 1. The third-order valence-electron chi connectivity index (χ3n) is 6.06. The molecule has 0 aliphatic carbocycles. The van der Waals surface area contributed by atoms with Gasteiger partial charge in [0.15, 0.2) is 17.0 Å². The van der Waals surface area contributed by atoms with Gasteiger partial charge in [0.25, 0.3) is 5.56 Å². The van der Waals surface area contributed by atoms with Gasteiger partial charge in [-0.05, 0) is 33.6 Å². The molecule has 0 bridgehead atoms. The zero-order valence-corrected chi connectivity index (χ0v) is 18.5. The first-order valence-corrected chi connectivity index (χ1v) is 10.7. The Morgan fingerprint density at radius 1 is 1.15 bits per heavy atom. The van der Waals surface area contributed by atoms with Gasteiger partial charge in [-0.25, -0.2) is 19.9 Å². The molecule has 1 fully saturated rings. The summed E-state index contributed by atoms with van der Waals surface area (Å²) in [7, 11) is 0. The van der Waals surface area contributed by atoms with E-state index in [0.29, 0.717) is 28.4 Å². The van der Waals surface area contributed by atoms with Crippen LogP contribution in [-0.2, 0) is 4.79 Å². The Morgan fingerprint density at radius 2 is 1.94 bits per heavy atom. The molecule has 1 atom stereocenters. The van der Waals surface area contributed by atoms with Gasteiger partial charge in [-0.3, -0.25) is 24.8 Å². The summed E-state index contributed by atoms with van der Waals surface area (Å²) >= 11 is 0. The number of fused-ring (bicyclic) bond motifs is 1. The smallest absolute Gasteiger partial charge is 0.290 e. The highest BCUT2D eigenvalue weighted by Crippen LogP contribution is 2.31. The van der Waals surface area contributed by atoms with Crippen molar-refractivity contribution < 1.29 is 4.79 Å². The molecular weight excluding hydrogens is 424 g/mol. The van der Waals surface area contributed by atoms with Crippen molar-refractivity contribution in [3.05, 3.63) is 41.5 Å². The predicted molar refractivity (Wildman–Crippen MR) is 122 cm³/mol. The lowest BCUT2D eigenvalue weighted by Crippen LogP contribution is -2.39. The average molecular weight is 448 g/mol. The highest BCUT2D eigenvalue weighted by Gasteiger charge is 2.33. The molecule has 12 nitrogen and oxygen atoms in total. The van der Waals surface area contributed by atoms with E-state index in [1.54, 1.807) is 25.5 Å². The summed E-state index contributed by atoms with van der Waals surface area (Å²) < 4.78 is 1.50. The van der Waals surface area contributed by atoms with Crippen molar-refractivity contribution in [3.8, 4) is 11.3 Å². The first kappa shape index (κ1) is 20.8. The van der Waals surface area contributed by atoms with Crippen molar-refractivity contribution in [2.24, 2.45) is 0 Å². The summed E-state index contributed by atoms with van der Waals surface area (Å²) in [6, 6.07) is -0.691. The number of nitrogens with zero attached hydrogens (tertiary/aromatic N) is 7. The van der Waals surface area contributed by atoms with Crippen molar-refractivity contribution in [1.82, 2.24) is 39.7 Å². The minimum atomic E-state index is -0.691. The molecule has 1 amide bonds. The van der Waals surface area contributed by atoms with Gasteiger partial charge >= 0.3 is 0 Å². The van der Waals surface area contributed by atoms with Crippen LogP contribution in [0.3, 0.4) is 0 Å². The number of amides is 1. The van der Waals surface area contributed by atoms with Crippen LogP contribution in [0.5, 0.6) is 0 Å². The number of hydrogen-bond donors (Lipinski definition) is 3. The first-order valence-electron chi connectivity index (χ1n) is 10.7. The van der Waals surface area contributed by atoms with Crippen LogP contribution in [0.25, 0.3) is 22.4 Å². The number of nitrogens with one attached hydrogen (secondary N) is 3. The molecular formula is C21H24N10O2. The summed E-state index contributed by atoms with van der Waals surface area (Å²) in [5, 5.41) is 7.88. The summed E-state index contributed by atoms with van der Waals surface area (Å²) in [6.45, 7) is 6.99. The molecule has 12 heteroatoms. The summed E-state index contributed by atoms with van der Waals surface area (Å²) in [5.41, 5.74) is 1.62. The van der Waals surface area contributed by atoms with Gasteiger partial charge in [-0.15, -0.1) is 0 Å². The maximum absolute atomic E-state index is 12.8. The van der Waals surface area contributed by atoms with E-state index in [1.165, 1.54) is 17.1 Å². The third-order valence-corrected chi connectivity index (χ3v) is 6.06. The van der Waals surface area contributed by atoms with E-state index in [0.717, 1.165) is 19.4 Å². The number of rotatable bonds is 5. The zero-order chi connectivity index (χ0) is 23.2. The standard InChI is InChI=1S/C21H24N10O2/c1-12(30-11-25-17-16(30)19(33)29-28-17)18(32)27-15-10-22-9-14(26-15)13-7-23-20(24-8-13)31-6-4-5-21(31,2)3/h7-12H,4-6H2,1-3H3,(H,26,27,32)(H2,28,29,33)/t12-/m0/s1. The van der Waals surface area contributed by atoms with E-state index < -0.39 is 6.04 Å². The number of anilines is 2. The van der Waals surface area contributed by atoms with Crippen LogP contribution in [0, 0.1) is 0 Å². The molecule has 0 unspecified atom stereocenters. The van der Waals surface area contributed by atoms with Gasteiger partial charge in [0, 0.05) is 30.0 Å². The van der Waals surface area contributed by atoms with Gasteiger partial charge in [-0.1, -0.05) is 0 Å². The quantitative estimate of drug-likeness (QED) is 0.419. The fourth-order valence-electron chi connectivity index (χ4n) is 4.14. The molecule has 5 heterocycles. The lowest BCUT2D eigenvalue weighted by molar-refractivity contribution is -0.118. The molecule has 1 aliphatic rings. The summed E-state index contributed by atoms with van der Waals surface area (Å²) in [5.74, 6) is 0.622. The fourth-order valence-corrected chi connectivity index (χ4v) is 4.14. The second-order valence-electron chi connectivity index (χ2n) is 8.72. The zero-order valence-electron chi connectivity index (χ0n) is 18.5. The van der Waals surface area contributed by atoms with Gasteiger partial charge in [0.1, 0.15) is 6.04 Å². The second kappa shape index (κ2) is 7.80. The van der Waals surface area contributed by atoms with E-state index in [9.17, 15) is 9.59 Å². The maximum Gasteiger partial charge on any atom is 0.290 e. The van der Waals surface area contributed by atoms with Crippen LogP contribution < -0.4 is 15.8 Å². The van der Waals surface area contributed by atoms with E-state index >= 15 is 0 Å². The monoisotopic (exact) mass is 448 g/mol. The Balaban J connectivity index is 1.33. The number of imidazole rings is 1. The predicted octanol–water partition coefficient (Wildman–Crippen LogP) is 1.88. The summed E-state index contributed by atoms with van der Waals surface area (Å²) in [4.78, 5) is 48.8. The number of hydrogen-bond acceptors (Lipinski definition) is 8. The first-order chi connectivity index (χ1) is 15.8. The number of carbonyl (C=O) groups excluding carboxylic acids is 1. The van der Waals surface area contributed by atoms with Crippen LogP contribution in [0.15, 0.2) is 35.9 Å². The van der Waals surface area contributed by atoms with Crippen molar-refractivity contribution in [1.29, 1.82) is 0 Å². The maximum atomic E-state index is 12.8. The molecule has 1 aliphatic heterocycles. The van der Waals surface area contributed by atoms with Gasteiger partial charge in [0.05, 0.1) is 24.4 Å². The van der Waals surface area contributed by atoms with E-state index in [-0.39, 0.29) is 22.8 Å². The largest absolute Gasteiger partial charge is 0.336 e. The van der Waals surface area contributed by atoms with Crippen LogP contribution in [0.2, 0.25) is 0 Å². The molecule has 5 rings (SSSR count). The third kappa shape index (κ3) is 3.73. The van der Waals surface area contributed by atoms with Gasteiger partial charge < -0.3 is 14.8 Å². The minimum absolute atomic E-state index is 0.0360.